The van der Waals surface area contributed by atoms with E-state index >= 15 is 0 Å². The molecule has 0 spiro atoms. The highest BCUT2D eigenvalue weighted by Crippen LogP contribution is 2.15. The number of halogens is 1. The van der Waals surface area contributed by atoms with E-state index in [2.05, 4.69) is 15.6 Å². The lowest BCUT2D eigenvalue weighted by molar-refractivity contribution is 0.162. The number of carbonyl (C=O) groups excluding carboxylic acids is 1. The van der Waals surface area contributed by atoms with Crippen molar-refractivity contribution >= 4 is 23.3 Å². The lowest BCUT2D eigenvalue weighted by Crippen LogP contribution is -2.35. The average molecular weight is 272 g/mol. The van der Waals surface area contributed by atoms with Gasteiger partial charge in [-0.25, -0.2) is 9.78 Å². The van der Waals surface area contributed by atoms with E-state index in [-0.39, 0.29) is 12.6 Å². The van der Waals surface area contributed by atoms with Crippen LogP contribution in [0.5, 0.6) is 0 Å². The zero-order chi connectivity index (χ0) is 13.5. The average Bonchev–Trinajstić information content (AvgIpc) is 2.32. The molecule has 1 heterocycles. The molecule has 6 heteroatoms. The number of aliphatic hydroxyl groups excluding tert-OH is 1. The third-order valence-electron chi connectivity index (χ3n) is 2.39. The van der Waals surface area contributed by atoms with Crippen molar-refractivity contribution in [3.05, 3.63) is 23.0 Å². The topological polar surface area (TPSA) is 74.2 Å². The molecular formula is C12H18ClN3O2. The maximum absolute atomic E-state index is 11.5. The first-order chi connectivity index (χ1) is 8.52. The summed E-state index contributed by atoms with van der Waals surface area (Å²) in [5, 5.41) is 15.1. The molecule has 0 aliphatic rings. The second-order valence-electron chi connectivity index (χ2n) is 4.11. The van der Waals surface area contributed by atoms with Crippen molar-refractivity contribution in [2.24, 2.45) is 0 Å². The number of rotatable bonds is 5. The molecule has 0 aliphatic carbocycles. The maximum Gasteiger partial charge on any atom is 0.319 e. The maximum atomic E-state index is 11.5. The molecular weight excluding hydrogens is 254 g/mol. The minimum atomic E-state index is -0.508. The van der Waals surface area contributed by atoms with Crippen LogP contribution in [0.25, 0.3) is 0 Å². The van der Waals surface area contributed by atoms with Crippen molar-refractivity contribution in [1.29, 1.82) is 0 Å². The normalized spacial score (nSPS) is 12.0. The van der Waals surface area contributed by atoms with E-state index in [1.165, 1.54) is 6.20 Å². The summed E-state index contributed by atoms with van der Waals surface area (Å²) in [6.07, 6.45) is 2.52. The van der Waals surface area contributed by atoms with E-state index < -0.39 is 6.10 Å². The van der Waals surface area contributed by atoms with Gasteiger partial charge in [0.1, 0.15) is 5.15 Å². The molecule has 0 aliphatic heterocycles. The fourth-order valence-electron chi connectivity index (χ4n) is 1.45. The zero-order valence-electron chi connectivity index (χ0n) is 10.5. The van der Waals surface area contributed by atoms with Gasteiger partial charge in [0.15, 0.2) is 0 Å². The van der Waals surface area contributed by atoms with E-state index in [9.17, 15) is 9.90 Å². The largest absolute Gasteiger partial charge is 0.391 e. The molecule has 100 valence electrons. The summed E-state index contributed by atoms with van der Waals surface area (Å²) in [7, 11) is 0. The van der Waals surface area contributed by atoms with Crippen LogP contribution in [0.4, 0.5) is 10.5 Å². The van der Waals surface area contributed by atoms with Gasteiger partial charge in [0.25, 0.3) is 0 Å². The molecule has 1 aromatic heterocycles. The van der Waals surface area contributed by atoms with Crippen LogP contribution in [-0.2, 0) is 0 Å². The number of nitrogens with one attached hydrogen (secondary N) is 2. The number of aliphatic hydroxyl groups is 1. The second-order valence-corrected chi connectivity index (χ2v) is 4.47. The minimum absolute atomic E-state index is 0.236. The summed E-state index contributed by atoms with van der Waals surface area (Å²) in [6, 6.07) is 1.37. The number of aromatic nitrogens is 1. The highest BCUT2D eigenvalue weighted by Gasteiger charge is 2.07. The van der Waals surface area contributed by atoms with Crippen molar-refractivity contribution in [2.75, 3.05) is 11.9 Å². The van der Waals surface area contributed by atoms with Crippen LogP contribution in [0, 0.1) is 6.92 Å². The number of aryl methyl sites for hydroxylation is 1. The summed E-state index contributed by atoms with van der Waals surface area (Å²) in [5.41, 5.74) is 1.36. The minimum Gasteiger partial charge on any atom is -0.391 e. The first-order valence-corrected chi connectivity index (χ1v) is 6.25. The molecule has 0 bridgehead atoms. The van der Waals surface area contributed by atoms with Crippen LogP contribution >= 0.6 is 11.6 Å². The quantitative estimate of drug-likeness (QED) is 0.720. The van der Waals surface area contributed by atoms with Gasteiger partial charge in [-0.1, -0.05) is 24.9 Å². The number of nitrogens with zero attached hydrogens (tertiary/aromatic N) is 1. The van der Waals surface area contributed by atoms with E-state index in [0.29, 0.717) is 17.3 Å². The SMILES string of the molecule is CCCC(O)CNC(=O)Nc1cnc(Cl)c(C)c1. The van der Waals surface area contributed by atoms with E-state index in [0.717, 1.165) is 12.0 Å². The molecule has 3 N–H and O–H groups in total. The van der Waals surface area contributed by atoms with Gasteiger partial charge in [0.2, 0.25) is 0 Å². The third kappa shape index (κ3) is 4.89. The Morgan fingerprint density at radius 1 is 1.61 bits per heavy atom. The summed E-state index contributed by atoms with van der Waals surface area (Å²) >= 11 is 5.78. The smallest absolute Gasteiger partial charge is 0.319 e. The van der Waals surface area contributed by atoms with Crippen LogP contribution in [0.15, 0.2) is 12.3 Å². The fraction of sp³-hybridized carbons (Fsp3) is 0.500. The predicted octanol–water partition coefficient (Wildman–Crippen LogP) is 2.33. The molecule has 1 unspecified atom stereocenters. The van der Waals surface area contributed by atoms with Gasteiger partial charge < -0.3 is 15.7 Å². The molecule has 0 radical (unpaired) electrons. The van der Waals surface area contributed by atoms with Crippen molar-refractivity contribution in [2.45, 2.75) is 32.8 Å². The van der Waals surface area contributed by atoms with Crippen molar-refractivity contribution in [1.82, 2.24) is 10.3 Å². The Balaban J connectivity index is 2.42. The van der Waals surface area contributed by atoms with Crippen LogP contribution in [0.3, 0.4) is 0 Å². The van der Waals surface area contributed by atoms with Gasteiger partial charge in [-0.05, 0) is 25.0 Å². The molecule has 0 saturated heterocycles. The number of hydrogen-bond acceptors (Lipinski definition) is 3. The van der Waals surface area contributed by atoms with Crippen molar-refractivity contribution < 1.29 is 9.90 Å². The molecule has 2 amide bonds. The first kappa shape index (κ1) is 14.7. The van der Waals surface area contributed by atoms with E-state index in [1.807, 2.05) is 13.8 Å². The van der Waals surface area contributed by atoms with Gasteiger partial charge in [0, 0.05) is 6.54 Å². The Morgan fingerprint density at radius 3 is 2.94 bits per heavy atom. The molecule has 1 atom stereocenters. The Morgan fingerprint density at radius 2 is 2.33 bits per heavy atom. The Kier molecular flexibility index (Phi) is 5.88. The summed E-state index contributed by atoms with van der Waals surface area (Å²) in [6.45, 7) is 4.02. The number of urea groups is 1. The third-order valence-corrected chi connectivity index (χ3v) is 2.79. The van der Waals surface area contributed by atoms with Gasteiger partial charge >= 0.3 is 6.03 Å². The van der Waals surface area contributed by atoms with Crippen LogP contribution < -0.4 is 10.6 Å². The lowest BCUT2D eigenvalue weighted by Gasteiger charge is -2.11. The van der Waals surface area contributed by atoms with E-state index in [4.69, 9.17) is 11.6 Å². The molecule has 5 nitrogen and oxygen atoms in total. The zero-order valence-corrected chi connectivity index (χ0v) is 11.3. The van der Waals surface area contributed by atoms with Gasteiger partial charge in [-0.15, -0.1) is 0 Å². The lowest BCUT2D eigenvalue weighted by atomic mass is 10.2. The predicted molar refractivity (Wildman–Crippen MR) is 71.9 cm³/mol. The number of pyridine rings is 1. The van der Waals surface area contributed by atoms with Crippen LogP contribution in [0.2, 0.25) is 5.15 Å². The molecule has 1 aromatic rings. The molecule has 0 saturated carbocycles. The summed E-state index contributed by atoms with van der Waals surface area (Å²) in [5.74, 6) is 0. The summed E-state index contributed by atoms with van der Waals surface area (Å²) < 4.78 is 0. The van der Waals surface area contributed by atoms with Crippen LogP contribution in [-0.4, -0.2) is 28.8 Å². The Hall–Kier alpha value is -1.33. The molecule has 0 fully saturated rings. The molecule has 18 heavy (non-hydrogen) atoms. The van der Waals surface area contributed by atoms with Crippen LogP contribution in [0.1, 0.15) is 25.3 Å². The summed E-state index contributed by atoms with van der Waals surface area (Å²) in [4.78, 5) is 15.5. The fourth-order valence-corrected chi connectivity index (χ4v) is 1.55. The second kappa shape index (κ2) is 7.18. The van der Waals surface area contributed by atoms with Crippen molar-refractivity contribution in [3.8, 4) is 0 Å². The van der Waals surface area contributed by atoms with E-state index in [1.54, 1.807) is 6.07 Å². The number of carbonyl (C=O) groups is 1. The highest BCUT2D eigenvalue weighted by atomic mass is 35.5. The number of hydrogen-bond donors (Lipinski definition) is 3. The first-order valence-electron chi connectivity index (χ1n) is 5.88. The monoisotopic (exact) mass is 271 g/mol. The van der Waals surface area contributed by atoms with Gasteiger partial charge in [-0.2, -0.15) is 0 Å². The van der Waals surface area contributed by atoms with Gasteiger partial charge in [0.05, 0.1) is 18.0 Å². The Bertz CT molecular complexity index is 412. The number of anilines is 1. The highest BCUT2D eigenvalue weighted by molar-refractivity contribution is 6.30. The van der Waals surface area contributed by atoms with Gasteiger partial charge in [-0.3, -0.25) is 0 Å². The molecule has 0 aromatic carbocycles. The molecule has 1 rings (SSSR count). The van der Waals surface area contributed by atoms with Crippen molar-refractivity contribution in [3.63, 3.8) is 0 Å². The Labute approximate surface area is 112 Å². The number of amides is 2. The standard InChI is InChI=1S/C12H18ClN3O2/c1-3-4-10(17)7-15-12(18)16-9-5-8(2)11(13)14-6-9/h5-6,10,17H,3-4,7H2,1-2H3,(H2,15,16,18).